The van der Waals surface area contributed by atoms with Gasteiger partial charge >= 0.3 is 5.97 Å². The average Bonchev–Trinajstić information content (AvgIpc) is 2.05. The number of hydrogen-bond donors (Lipinski definition) is 2. The predicted octanol–water partition coefficient (Wildman–Crippen LogP) is -0.288. The summed E-state index contributed by atoms with van der Waals surface area (Å²) in [6.07, 6.45) is 0. The number of ether oxygens (including phenoxy) is 2. The van der Waals surface area contributed by atoms with Gasteiger partial charge in [-0.2, -0.15) is 0 Å². The standard InChI is InChI=1S/C8H17NO4/c1-8(6-13-3,7(10)11)9-4-5-12-2/h9H,4-6H2,1-3H3,(H,10,11). The molecule has 0 aliphatic heterocycles. The van der Waals surface area contributed by atoms with Gasteiger partial charge in [-0.1, -0.05) is 0 Å². The minimum atomic E-state index is -1.03. The molecule has 0 fully saturated rings. The second-order valence-electron chi connectivity index (χ2n) is 2.99. The summed E-state index contributed by atoms with van der Waals surface area (Å²) in [4.78, 5) is 10.8. The molecule has 2 N–H and O–H groups in total. The zero-order valence-corrected chi connectivity index (χ0v) is 8.29. The number of aliphatic carboxylic acids is 1. The van der Waals surface area contributed by atoms with E-state index in [9.17, 15) is 4.79 Å². The van der Waals surface area contributed by atoms with Gasteiger partial charge < -0.3 is 14.6 Å². The van der Waals surface area contributed by atoms with Crippen LogP contribution in [-0.2, 0) is 14.3 Å². The van der Waals surface area contributed by atoms with E-state index in [-0.39, 0.29) is 6.61 Å². The number of rotatable bonds is 7. The van der Waals surface area contributed by atoms with Gasteiger partial charge in [0.25, 0.3) is 0 Å². The van der Waals surface area contributed by atoms with Crippen LogP contribution >= 0.6 is 0 Å². The maximum Gasteiger partial charge on any atom is 0.326 e. The van der Waals surface area contributed by atoms with Crippen LogP contribution in [0.25, 0.3) is 0 Å². The van der Waals surface area contributed by atoms with Crippen molar-refractivity contribution in [2.45, 2.75) is 12.5 Å². The van der Waals surface area contributed by atoms with Gasteiger partial charge in [-0.05, 0) is 6.92 Å². The molecule has 0 bridgehead atoms. The Balaban J connectivity index is 4.00. The van der Waals surface area contributed by atoms with Crippen molar-refractivity contribution in [3.05, 3.63) is 0 Å². The van der Waals surface area contributed by atoms with Crippen LogP contribution in [0.1, 0.15) is 6.92 Å². The Morgan fingerprint density at radius 3 is 2.46 bits per heavy atom. The van der Waals surface area contributed by atoms with Crippen molar-refractivity contribution in [3.8, 4) is 0 Å². The van der Waals surface area contributed by atoms with Crippen molar-refractivity contribution in [2.24, 2.45) is 0 Å². The van der Waals surface area contributed by atoms with Crippen LogP contribution in [0.4, 0.5) is 0 Å². The molecule has 0 aliphatic rings. The van der Waals surface area contributed by atoms with Crippen molar-refractivity contribution in [2.75, 3.05) is 34.0 Å². The van der Waals surface area contributed by atoms with E-state index in [1.165, 1.54) is 7.11 Å². The fourth-order valence-electron chi connectivity index (χ4n) is 0.906. The van der Waals surface area contributed by atoms with Crippen molar-refractivity contribution < 1.29 is 19.4 Å². The van der Waals surface area contributed by atoms with Gasteiger partial charge in [0.05, 0.1) is 13.2 Å². The lowest BCUT2D eigenvalue weighted by Crippen LogP contribution is -2.53. The number of nitrogens with one attached hydrogen (secondary N) is 1. The maximum absolute atomic E-state index is 10.8. The molecule has 13 heavy (non-hydrogen) atoms. The first-order chi connectivity index (χ1) is 6.06. The summed E-state index contributed by atoms with van der Waals surface area (Å²) in [5.74, 6) is -0.926. The Labute approximate surface area is 78.0 Å². The van der Waals surface area contributed by atoms with Crippen molar-refractivity contribution in [3.63, 3.8) is 0 Å². The van der Waals surface area contributed by atoms with Gasteiger partial charge in [0, 0.05) is 20.8 Å². The molecule has 5 heteroatoms. The van der Waals surface area contributed by atoms with Crippen LogP contribution in [0.2, 0.25) is 0 Å². The highest BCUT2D eigenvalue weighted by Gasteiger charge is 2.32. The summed E-state index contributed by atoms with van der Waals surface area (Å²) in [5, 5.41) is 11.7. The van der Waals surface area contributed by atoms with Crippen molar-refractivity contribution in [1.82, 2.24) is 5.32 Å². The summed E-state index contributed by atoms with van der Waals surface area (Å²) < 4.78 is 9.61. The zero-order valence-electron chi connectivity index (χ0n) is 8.29. The van der Waals surface area contributed by atoms with Gasteiger partial charge in [0.1, 0.15) is 5.54 Å². The van der Waals surface area contributed by atoms with Crippen molar-refractivity contribution in [1.29, 1.82) is 0 Å². The predicted molar refractivity (Wildman–Crippen MR) is 47.8 cm³/mol. The zero-order chi connectivity index (χ0) is 10.3. The minimum Gasteiger partial charge on any atom is -0.480 e. The van der Waals surface area contributed by atoms with Gasteiger partial charge in [0.2, 0.25) is 0 Å². The average molecular weight is 191 g/mol. The van der Waals surface area contributed by atoms with Gasteiger partial charge in [-0.15, -0.1) is 0 Å². The first-order valence-electron chi connectivity index (χ1n) is 4.03. The lowest BCUT2D eigenvalue weighted by molar-refractivity contribution is -0.146. The van der Waals surface area contributed by atoms with Crippen LogP contribution in [0, 0.1) is 0 Å². The third-order valence-corrected chi connectivity index (χ3v) is 1.73. The highest BCUT2D eigenvalue weighted by molar-refractivity contribution is 5.78. The lowest BCUT2D eigenvalue weighted by Gasteiger charge is -2.25. The molecule has 0 aromatic heterocycles. The van der Waals surface area contributed by atoms with E-state index in [4.69, 9.17) is 14.6 Å². The van der Waals surface area contributed by atoms with Crippen molar-refractivity contribution >= 4 is 5.97 Å². The Morgan fingerprint density at radius 1 is 1.46 bits per heavy atom. The third-order valence-electron chi connectivity index (χ3n) is 1.73. The van der Waals surface area contributed by atoms with Crippen LogP contribution in [0.3, 0.4) is 0 Å². The quantitative estimate of drug-likeness (QED) is 0.541. The Morgan fingerprint density at radius 2 is 2.08 bits per heavy atom. The molecular formula is C8H17NO4. The number of carboxylic acids is 1. The second kappa shape index (κ2) is 5.90. The van der Waals surface area contributed by atoms with E-state index in [0.717, 1.165) is 0 Å². The fourth-order valence-corrected chi connectivity index (χ4v) is 0.906. The van der Waals surface area contributed by atoms with Crippen LogP contribution in [0.5, 0.6) is 0 Å². The third kappa shape index (κ3) is 4.21. The Bertz CT molecular complexity index is 162. The summed E-state index contributed by atoms with van der Waals surface area (Å²) in [6.45, 7) is 2.68. The van der Waals surface area contributed by atoms with Crippen LogP contribution < -0.4 is 5.32 Å². The van der Waals surface area contributed by atoms with Crippen LogP contribution in [-0.4, -0.2) is 50.6 Å². The molecule has 78 valence electrons. The highest BCUT2D eigenvalue weighted by atomic mass is 16.5. The first-order valence-corrected chi connectivity index (χ1v) is 4.03. The van der Waals surface area contributed by atoms with E-state index in [0.29, 0.717) is 13.2 Å². The van der Waals surface area contributed by atoms with Gasteiger partial charge in [-0.25, -0.2) is 0 Å². The molecule has 0 amide bonds. The molecule has 0 rings (SSSR count). The highest BCUT2D eigenvalue weighted by Crippen LogP contribution is 2.03. The number of carbonyl (C=O) groups is 1. The normalized spacial score (nSPS) is 15.3. The first kappa shape index (κ1) is 12.3. The smallest absolute Gasteiger partial charge is 0.326 e. The van der Waals surface area contributed by atoms with E-state index < -0.39 is 11.5 Å². The summed E-state index contributed by atoms with van der Waals surface area (Å²) in [5.41, 5.74) is -1.03. The largest absolute Gasteiger partial charge is 0.480 e. The topological polar surface area (TPSA) is 67.8 Å². The number of carboxylic acid groups (broad SMARTS) is 1. The molecule has 1 unspecified atom stereocenters. The van der Waals surface area contributed by atoms with E-state index in [1.807, 2.05) is 0 Å². The molecule has 0 saturated carbocycles. The minimum absolute atomic E-state index is 0.131. The van der Waals surface area contributed by atoms with E-state index in [2.05, 4.69) is 5.32 Å². The SMILES string of the molecule is COCCNC(C)(COC)C(=O)O. The fraction of sp³-hybridized carbons (Fsp3) is 0.875. The van der Waals surface area contributed by atoms with Crippen LogP contribution in [0.15, 0.2) is 0 Å². The lowest BCUT2D eigenvalue weighted by atomic mass is 10.0. The molecule has 5 nitrogen and oxygen atoms in total. The molecular weight excluding hydrogens is 174 g/mol. The van der Waals surface area contributed by atoms with E-state index in [1.54, 1.807) is 14.0 Å². The molecule has 0 aliphatic carbocycles. The summed E-state index contributed by atoms with van der Waals surface area (Å²) >= 11 is 0. The Kier molecular flexibility index (Phi) is 5.61. The Hall–Kier alpha value is -0.650. The summed E-state index contributed by atoms with van der Waals surface area (Å²) in [7, 11) is 3.04. The number of hydrogen-bond acceptors (Lipinski definition) is 4. The van der Waals surface area contributed by atoms with E-state index >= 15 is 0 Å². The molecule has 0 aromatic rings. The summed E-state index contributed by atoms with van der Waals surface area (Å²) in [6, 6.07) is 0. The van der Waals surface area contributed by atoms with Gasteiger partial charge in [-0.3, -0.25) is 10.1 Å². The molecule has 1 atom stereocenters. The maximum atomic E-state index is 10.8. The molecule has 0 aromatic carbocycles. The van der Waals surface area contributed by atoms with Gasteiger partial charge in [0.15, 0.2) is 0 Å². The molecule has 0 saturated heterocycles. The molecule has 0 spiro atoms. The molecule has 0 heterocycles. The number of methoxy groups -OCH3 is 2. The second-order valence-corrected chi connectivity index (χ2v) is 2.99. The molecule has 0 radical (unpaired) electrons. The monoisotopic (exact) mass is 191 g/mol.